The first-order valence-corrected chi connectivity index (χ1v) is 9.31. The van der Waals surface area contributed by atoms with Gasteiger partial charge in [0.1, 0.15) is 0 Å². The molecule has 0 bridgehead atoms. The molecule has 2 heterocycles. The van der Waals surface area contributed by atoms with Crippen LogP contribution in [0.4, 0.5) is 0 Å². The Morgan fingerprint density at radius 3 is 2.58 bits per heavy atom. The van der Waals surface area contributed by atoms with E-state index in [1.165, 1.54) is 4.88 Å². The van der Waals surface area contributed by atoms with Gasteiger partial charge in [0.05, 0.1) is 10.9 Å². The van der Waals surface area contributed by atoms with Crippen LogP contribution in [0.2, 0.25) is 4.34 Å². The molecule has 1 N–H and O–H groups in total. The van der Waals surface area contributed by atoms with E-state index in [4.69, 9.17) is 11.6 Å². The molecule has 1 aromatic heterocycles. The van der Waals surface area contributed by atoms with Crippen molar-refractivity contribution >= 4 is 34.8 Å². The van der Waals surface area contributed by atoms with Gasteiger partial charge in [-0.25, -0.2) is 0 Å². The van der Waals surface area contributed by atoms with E-state index in [-0.39, 0.29) is 5.91 Å². The maximum absolute atomic E-state index is 11.7. The number of amides is 1. The van der Waals surface area contributed by atoms with Gasteiger partial charge in [0.25, 0.3) is 0 Å². The number of carbonyl (C=O) groups is 1. The summed E-state index contributed by atoms with van der Waals surface area (Å²) in [6.45, 7) is 5.30. The molecule has 0 saturated carbocycles. The van der Waals surface area contributed by atoms with Gasteiger partial charge in [0.2, 0.25) is 5.91 Å². The van der Waals surface area contributed by atoms with Gasteiger partial charge in [-0.2, -0.15) is 0 Å². The van der Waals surface area contributed by atoms with Crippen LogP contribution in [0.5, 0.6) is 0 Å². The molecule has 24 heavy (non-hydrogen) atoms. The van der Waals surface area contributed by atoms with Crippen molar-refractivity contribution in [1.29, 1.82) is 0 Å². The molecule has 1 aromatic rings. The van der Waals surface area contributed by atoms with Gasteiger partial charge in [-0.3, -0.25) is 14.7 Å². The molecular formula is C16H26ClN5OS. The van der Waals surface area contributed by atoms with E-state index in [0.29, 0.717) is 6.42 Å². The second kappa shape index (κ2) is 9.25. The molecule has 134 valence electrons. The summed E-state index contributed by atoms with van der Waals surface area (Å²) in [6, 6.07) is 3.95. The Bertz CT molecular complexity index is 567. The van der Waals surface area contributed by atoms with Crippen molar-refractivity contribution in [1.82, 2.24) is 20.0 Å². The SMILES string of the molecule is CN=C(NCc1ccc(Cl)s1)N1CCN(CCC(=O)N(C)C)CC1. The Morgan fingerprint density at radius 2 is 2.04 bits per heavy atom. The normalized spacial score (nSPS) is 16.3. The van der Waals surface area contributed by atoms with Gasteiger partial charge in [0, 0.05) is 65.2 Å². The standard InChI is InChI=1S/C16H26ClN5OS/c1-18-16(19-12-13-4-5-14(17)24-13)22-10-8-21(9-11-22)7-6-15(23)20(2)3/h4-5H,6-12H2,1-3H3,(H,18,19). The topological polar surface area (TPSA) is 51.2 Å². The molecule has 1 amide bonds. The summed E-state index contributed by atoms with van der Waals surface area (Å²) in [5.74, 6) is 1.10. The molecule has 0 unspecified atom stereocenters. The summed E-state index contributed by atoms with van der Waals surface area (Å²) in [5.41, 5.74) is 0. The third kappa shape index (κ3) is 5.65. The van der Waals surface area contributed by atoms with Gasteiger partial charge in [-0.05, 0) is 12.1 Å². The van der Waals surface area contributed by atoms with Gasteiger partial charge >= 0.3 is 0 Å². The molecule has 1 fully saturated rings. The van der Waals surface area contributed by atoms with Crippen molar-refractivity contribution in [3.63, 3.8) is 0 Å². The highest BCUT2D eigenvalue weighted by atomic mass is 35.5. The molecule has 6 nitrogen and oxygen atoms in total. The molecule has 1 aliphatic heterocycles. The minimum atomic E-state index is 0.185. The monoisotopic (exact) mass is 371 g/mol. The minimum absolute atomic E-state index is 0.185. The number of hydrogen-bond acceptors (Lipinski definition) is 4. The average Bonchev–Trinajstić information content (AvgIpc) is 2.99. The molecule has 8 heteroatoms. The van der Waals surface area contributed by atoms with Crippen LogP contribution < -0.4 is 5.32 Å². The van der Waals surface area contributed by atoms with Gasteiger partial charge in [0.15, 0.2) is 5.96 Å². The van der Waals surface area contributed by atoms with E-state index in [9.17, 15) is 4.79 Å². The lowest BCUT2D eigenvalue weighted by molar-refractivity contribution is -0.129. The molecule has 0 radical (unpaired) electrons. The first-order chi connectivity index (χ1) is 11.5. The lowest BCUT2D eigenvalue weighted by Crippen LogP contribution is -2.52. The Balaban J connectivity index is 1.74. The zero-order valence-corrected chi connectivity index (χ0v) is 16.2. The Labute approximate surface area is 153 Å². The zero-order chi connectivity index (χ0) is 17.5. The van der Waals surface area contributed by atoms with Crippen LogP contribution in [0.1, 0.15) is 11.3 Å². The van der Waals surface area contributed by atoms with E-state index in [1.54, 1.807) is 30.3 Å². The third-order valence-electron chi connectivity index (χ3n) is 4.07. The Morgan fingerprint density at radius 1 is 1.33 bits per heavy atom. The van der Waals surface area contributed by atoms with Crippen LogP contribution >= 0.6 is 22.9 Å². The number of nitrogens with zero attached hydrogens (tertiary/aromatic N) is 4. The predicted molar refractivity (Wildman–Crippen MR) is 101 cm³/mol. The molecule has 1 aliphatic rings. The highest BCUT2D eigenvalue weighted by Crippen LogP contribution is 2.21. The summed E-state index contributed by atoms with van der Waals surface area (Å²) >= 11 is 7.55. The lowest BCUT2D eigenvalue weighted by atomic mass is 10.3. The third-order valence-corrected chi connectivity index (χ3v) is 5.31. The molecule has 0 atom stereocenters. The van der Waals surface area contributed by atoms with Crippen LogP contribution in [-0.4, -0.2) is 80.4 Å². The zero-order valence-electron chi connectivity index (χ0n) is 14.6. The van der Waals surface area contributed by atoms with E-state index in [2.05, 4.69) is 20.1 Å². The smallest absolute Gasteiger partial charge is 0.223 e. The molecule has 2 rings (SSSR count). The van der Waals surface area contributed by atoms with E-state index < -0.39 is 0 Å². The Hall–Kier alpha value is -1.31. The number of hydrogen-bond donors (Lipinski definition) is 1. The maximum Gasteiger partial charge on any atom is 0.223 e. The highest BCUT2D eigenvalue weighted by molar-refractivity contribution is 7.16. The summed E-state index contributed by atoms with van der Waals surface area (Å²) in [4.78, 5) is 23.5. The molecule has 1 saturated heterocycles. The highest BCUT2D eigenvalue weighted by Gasteiger charge is 2.20. The molecule has 0 spiro atoms. The largest absolute Gasteiger partial charge is 0.351 e. The summed E-state index contributed by atoms with van der Waals surface area (Å²) in [5, 5.41) is 3.40. The summed E-state index contributed by atoms with van der Waals surface area (Å²) < 4.78 is 0.808. The van der Waals surface area contributed by atoms with Crippen molar-refractivity contribution in [3.8, 4) is 0 Å². The van der Waals surface area contributed by atoms with Gasteiger partial charge in [-0.15, -0.1) is 11.3 Å². The number of rotatable bonds is 5. The fraction of sp³-hybridized carbons (Fsp3) is 0.625. The second-order valence-electron chi connectivity index (χ2n) is 5.97. The second-order valence-corrected chi connectivity index (χ2v) is 7.77. The average molecular weight is 372 g/mol. The maximum atomic E-state index is 11.7. The minimum Gasteiger partial charge on any atom is -0.351 e. The van der Waals surface area contributed by atoms with Crippen LogP contribution in [0.25, 0.3) is 0 Å². The number of guanidine groups is 1. The number of nitrogens with one attached hydrogen (secondary N) is 1. The van der Waals surface area contributed by atoms with Gasteiger partial charge in [-0.1, -0.05) is 11.6 Å². The fourth-order valence-electron chi connectivity index (χ4n) is 2.61. The van der Waals surface area contributed by atoms with Crippen molar-refractivity contribution in [2.45, 2.75) is 13.0 Å². The van der Waals surface area contributed by atoms with Crippen LogP contribution in [0, 0.1) is 0 Å². The van der Waals surface area contributed by atoms with Crippen molar-refractivity contribution in [3.05, 3.63) is 21.3 Å². The number of aliphatic imine (C=N–C) groups is 1. The quantitative estimate of drug-likeness (QED) is 0.630. The Kier molecular flexibility index (Phi) is 7.33. The number of halogens is 1. The van der Waals surface area contributed by atoms with Crippen molar-refractivity contribution in [2.24, 2.45) is 4.99 Å². The summed E-state index contributed by atoms with van der Waals surface area (Å²) in [7, 11) is 5.42. The fourth-order valence-corrected chi connectivity index (χ4v) is 3.63. The van der Waals surface area contributed by atoms with Crippen LogP contribution in [0.15, 0.2) is 17.1 Å². The van der Waals surface area contributed by atoms with Crippen LogP contribution in [0.3, 0.4) is 0 Å². The predicted octanol–water partition coefficient (Wildman–Crippen LogP) is 1.57. The van der Waals surface area contributed by atoms with Gasteiger partial charge < -0.3 is 15.1 Å². The molecule has 0 aliphatic carbocycles. The van der Waals surface area contributed by atoms with Crippen LogP contribution in [-0.2, 0) is 11.3 Å². The van der Waals surface area contributed by atoms with E-state index >= 15 is 0 Å². The van der Waals surface area contributed by atoms with Crippen molar-refractivity contribution in [2.75, 3.05) is 53.9 Å². The first-order valence-electron chi connectivity index (χ1n) is 8.12. The summed E-state index contributed by atoms with van der Waals surface area (Å²) in [6.07, 6.45) is 0.582. The van der Waals surface area contributed by atoms with Crippen molar-refractivity contribution < 1.29 is 4.79 Å². The first kappa shape index (κ1) is 19.0. The number of thiophene rings is 1. The number of piperazine rings is 1. The lowest BCUT2D eigenvalue weighted by Gasteiger charge is -2.36. The molecule has 0 aromatic carbocycles. The molecular weight excluding hydrogens is 346 g/mol. The van der Waals surface area contributed by atoms with E-state index in [0.717, 1.165) is 49.6 Å². The number of carbonyl (C=O) groups excluding carboxylic acids is 1. The van der Waals surface area contributed by atoms with E-state index in [1.807, 2.05) is 19.2 Å².